The average molecular weight is 52.9 g/mol. The molecule has 0 unspecified atom stereocenters. The van der Waals surface area contributed by atoms with Crippen LogP contribution in [0.5, 0.6) is 0 Å². The zero-order valence-corrected chi connectivity index (χ0v) is 2.44. The van der Waals surface area contributed by atoms with E-state index in [0.717, 1.165) is 13.1 Å². The Balaban J connectivity index is 2.17. The molecule has 1 aliphatic rings. The second-order valence-corrected chi connectivity index (χ2v) is 1.04. The Bertz CT molecular complexity index is 25.2. The maximum absolute atomic E-state index is 5.06. The predicted molar refractivity (Wildman–Crippen MR) is 17.3 cm³/mol. The molecule has 3 radical (unpaired) electrons. The van der Waals surface area contributed by atoms with Gasteiger partial charge in [-0.15, -0.1) is 0 Å². The topological polar surface area (TPSA) is 3.01 Å². The minimum absolute atomic E-state index is 1.10. The lowest BCUT2D eigenvalue weighted by Crippen LogP contribution is -1.80. The van der Waals surface area contributed by atoms with E-state index in [-0.39, 0.29) is 0 Å². The zero-order chi connectivity index (χ0) is 2.99. The molecule has 0 atom stereocenters. The molecule has 0 bridgehead atoms. The number of hydrogen-bond donors (Lipinski definition) is 0. The van der Waals surface area contributed by atoms with Gasteiger partial charge in [0.1, 0.15) is 0 Å². The number of hydrogen-bond acceptors (Lipinski definition) is 1. The van der Waals surface area contributed by atoms with E-state index < -0.39 is 0 Å². The molecule has 1 heterocycles. The Morgan fingerprint density at radius 2 is 1.75 bits per heavy atom. The highest BCUT2D eigenvalue weighted by Crippen LogP contribution is 1.91. The lowest BCUT2D eigenvalue weighted by Gasteiger charge is -1.96. The van der Waals surface area contributed by atoms with E-state index in [1.807, 2.05) is 0 Å². The van der Waals surface area contributed by atoms with Crippen LogP contribution in [0.15, 0.2) is 0 Å². The largest absolute Gasteiger partial charge is 0.578 e. The second kappa shape index (κ2) is 0.491. The van der Waals surface area contributed by atoms with Crippen LogP contribution in [-0.2, 0) is 0 Å². The average Bonchev–Trinajstić information content (AvgIpc) is 1.75. The van der Waals surface area contributed by atoms with Gasteiger partial charge in [-0.1, -0.05) is 0 Å². The van der Waals surface area contributed by atoms with Crippen LogP contribution in [0, 0.1) is 0 Å². The summed E-state index contributed by atoms with van der Waals surface area (Å²) in [6.07, 6.45) is 0. The van der Waals surface area contributed by atoms with Gasteiger partial charge in [0.15, 0.2) is 0 Å². The van der Waals surface area contributed by atoms with Crippen LogP contribution in [0.1, 0.15) is 0 Å². The first-order valence-electron chi connectivity index (χ1n) is 1.39. The van der Waals surface area contributed by atoms with Crippen molar-refractivity contribution in [3.63, 3.8) is 0 Å². The van der Waals surface area contributed by atoms with Crippen molar-refractivity contribution in [2.24, 2.45) is 0 Å². The number of rotatable bonds is 0. The molecule has 0 aliphatic carbocycles. The van der Waals surface area contributed by atoms with Crippen LogP contribution >= 0.6 is 0 Å². The summed E-state index contributed by atoms with van der Waals surface area (Å²) in [6.45, 7) is 2.19. The molecule has 0 aromatic heterocycles. The third-order valence-electron chi connectivity index (χ3n) is 0.482. The van der Waals surface area contributed by atoms with Crippen LogP contribution in [0.3, 0.4) is 0 Å². The van der Waals surface area contributed by atoms with Crippen molar-refractivity contribution in [3.05, 3.63) is 0 Å². The van der Waals surface area contributed by atoms with Gasteiger partial charge in [0, 0.05) is 0 Å². The van der Waals surface area contributed by atoms with E-state index in [2.05, 4.69) is 0 Å². The van der Waals surface area contributed by atoms with Gasteiger partial charge in [0.2, 0.25) is 0 Å². The standard InChI is InChI=1S/C2H4BN/c3-4-1-2-4/h1-2H2/q-1. The molecule has 1 saturated heterocycles. The molecule has 1 nitrogen and oxygen atoms in total. The van der Waals surface area contributed by atoms with E-state index in [0.29, 0.717) is 0 Å². The molecule has 0 amide bonds. The third-order valence-corrected chi connectivity index (χ3v) is 0.482. The highest BCUT2D eigenvalue weighted by molar-refractivity contribution is 6.05. The molecule has 0 aromatic carbocycles. The highest BCUT2D eigenvalue weighted by Gasteiger charge is 1.92. The maximum Gasteiger partial charge on any atom is -0.0361 e. The van der Waals surface area contributed by atoms with Crippen molar-refractivity contribution >= 4 is 7.98 Å². The van der Waals surface area contributed by atoms with Crippen LogP contribution in [0.25, 0.3) is 0 Å². The van der Waals surface area contributed by atoms with Crippen LogP contribution in [-0.4, -0.2) is 25.9 Å². The van der Waals surface area contributed by atoms with Gasteiger partial charge in [0.25, 0.3) is 0 Å². The van der Waals surface area contributed by atoms with Crippen LogP contribution in [0.4, 0.5) is 0 Å². The van der Waals surface area contributed by atoms with Crippen LogP contribution in [0.2, 0.25) is 0 Å². The van der Waals surface area contributed by atoms with E-state index >= 15 is 0 Å². The Labute approximate surface area is 27.0 Å². The van der Waals surface area contributed by atoms with Crippen molar-refractivity contribution < 1.29 is 0 Å². The van der Waals surface area contributed by atoms with Crippen molar-refractivity contribution in [2.45, 2.75) is 0 Å². The van der Waals surface area contributed by atoms with Gasteiger partial charge in [-0.25, -0.2) is 0 Å². The van der Waals surface area contributed by atoms with E-state index in [1.54, 1.807) is 4.81 Å². The molecule has 1 rings (SSSR count). The summed E-state index contributed by atoms with van der Waals surface area (Å²) >= 11 is 0. The third kappa shape index (κ3) is 0.232. The molecule has 1 aliphatic heterocycles. The first-order chi connectivity index (χ1) is 1.89. The first-order valence-corrected chi connectivity index (χ1v) is 1.39. The Morgan fingerprint density at radius 1 is 1.50 bits per heavy atom. The number of nitrogens with zero attached hydrogens (tertiary/aromatic N) is 1. The molecule has 0 spiro atoms. The van der Waals surface area contributed by atoms with Gasteiger partial charge in [-0.2, -0.15) is 0 Å². The predicted octanol–water partition coefficient (Wildman–Crippen LogP) is -0.615. The minimum atomic E-state index is 1.10. The molecule has 1 fully saturated rings. The summed E-state index contributed by atoms with van der Waals surface area (Å²) in [5.74, 6) is 0. The van der Waals surface area contributed by atoms with E-state index in [1.165, 1.54) is 0 Å². The maximum atomic E-state index is 5.06. The van der Waals surface area contributed by atoms with Gasteiger partial charge in [-0.05, 0) is 13.1 Å². The Kier molecular flexibility index (Phi) is 0.279. The summed E-state index contributed by atoms with van der Waals surface area (Å²) in [5, 5.41) is 0. The summed E-state index contributed by atoms with van der Waals surface area (Å²) in [7, 11) is 5.06. The lowest BCUT2D eigenvalue weighted by atomic mass is 10.5. The second-order valence-electron chi connectivity index (χ2n) is 1.04. The summed E-state index contributed by atoms with van der Waals surface area (Å²) in [5.41, 5.74) is 0. The SMILES string of the molecule is [B-]N1CC1. The Hall–Kier alpha value is 0.0249. The van der Waals surface area contributed by atoms with Crippen molar-refractivity contribution in [2.75, 3.05) is 13.1 Å². The fourth-order valence-electron chi connectivity index (χ4n) is 0.0577. The monoisotopic (exact) mass is 53.0 g/mol. The fraction of sp³-hybridized carbons (Fsp3) is 1.00. The summed E-state index contributed by atoms with van der Waals surface area (Å²) < 4.78 is 0. The van der Waals surface area contributed by atoms with E-state index in [9.17, 15) is 0 Å². The van der Waals surface area contributed by atoms with Crippen LogP contribution < -0.4 is 0 Å². The molecule has 4 heavy (non-hydrogen) atoms. The molecule has 0 N–H and O–H groups in total. The van der Waals surface area contributed by atoms with Crippen molar-refractivity contribution in [3.8, 4) is 0 Å². The molecular weight excluding hydrogens is 48.8 g/mol. The highest BCUT2D eigenvalue weighted by atomic mass is 15.2. The quantitative estimate of drug-likeness (QED) is 0.263. The van der Waals surface area contributed by atoms with Gasteiger partial charge in [0.05, 0.1) is 0 Å². The van der Waals surface area contributed by atoms with Gasteiger partial charge in [-0.3, -0.25) is 0 Å². The molecule has 0 saturated carbocycles. The molecule has 0 aromatic rings. The smallest absolute Gasteiger partial charge is 0.0361 e. The molecule has 2 heteroatoms. The summed E-state index contributed by atoms with van der Waals surface area (Å²) in [6, 6.07) is 0. The lowest BCUT2D eigenvalue weighted by molar-refractivity contribution is 0.925. The van der Waals surface area contributed by atoms with Crippen molar-refractivity contribution in [1.82, 2.24) is 4.81 Å². The fourth-order valence-corrected chi connectivity index (χ4v) is 0.0577. The van der Waals surface area contributed by atoms with Gasteiger partial charge < -0.3 is 12.8 Å². The van der Waals surface area contributed by atoms with Gasteiger partial charge >= 0.3 is 0 Å². The first kappa shape index (κ1) is 2.27. The zero-order valence-electron chi connectivity index (χ0n) is 2.44. The van der Waals surface area contributed by atoms with Crippen molar-refractivity contribution in [1.29, 1.82) is 0 Å². The minimum Gasteiger partial charge on any atom is -0.578 e. The molecule has 21 valence electrons. The molecular formula is C2H4BN-. The Morgan fingerprint density at radius 3 is 1.75 bits per heavy atom. The normalized spacial score (nSPS) is 26.2. The van der Waals surface area contributed by atoms with E-state index in [4.69, 9.17) is 7.98 Å². The summed E-state index contributed by atoms with van der Waals surface area (Å²) in [4.78, 5) is 1.75.